The first-order chi connectivity index (χ1) is 10.3. The van der Waals surface area contributed by atoms with Crippen LogP contribution in [0, 0.1) is 0 Å². The Morgan fingerprint density at radius 3 is 3.24 bits per heavy atom. The maximum absolute atomic E-state index is 11.4. The van der Waals surface area contributed by atoms with E-state index in [9.17, 15) is 4.79 Å². The van der Waals surface area contributed by atoms with Crippen LogP contribution in [-0.4, -0.2) is 42.6 Å². The van der Waals surface area contributed by atoms with Crippen molar-refractivity contribution in [3.8, 4) is 5.75 Å². The predicted octanol–water partition coefficient (Wildman–Crippen LogP) is 1.34. The number of hydrogen-bond acceptors (Lipinski definition) is 4. The monoisotopic (exact) mass is 287 g/mol. The lowest BCUT2D eigenvalue weighted by Gasteiger charge is -2.22. The Bertz CT molecular complexity index is 560. The fourth-order valence-corrected chi connectivity index (χ4v) is 3.81. The van der Waals surface area contributed by atoms with Gasteiger partial charge in [0, 0.05) is 25.2 Å². The normalized spacial score (nSPS) is 27.9. The van der Waals surface area contributed by atoms with Crippen molar-refractivity contribution in [3.05, 3.63) is 23.8 Å². The molecule has 0 spiro atoms. The summed E-state index contributed by atoms with van der Waals surface area (Å²) in [6.45, 7) is 3.46. The Morgan fingerprint density at radius 2 is 2.29 bits per heavy atom. The van der Waals surface area contributed by atoms with Gasteiger partial charge in [-0.1, -0.05) is 6.07 Å². The number of anilines is 1. The van der Waals surface area contributed by atoms with Gasteiger partial charge in [-0.05, 0) is 43.5 Å². The molecule has 0 bridgehead atoms. The van der Waals surface area contributed by atoms with Crippen molar-refractivity contribution < 1.29 is 9.53 Å². The zero-order valence-electron chi connectivity index (χ0n) is 12.1. The lowest BCUT2D eigenvalue weighted by atomic mass is 10.1. The molecule has 0 aromatic heterocycles. The second kappa shape index (κ2) is 5.31. The molecule has 5 nitrogen and oxygen atoms in total. The molecule has 2 unspecified atom stereocenters. The molecule has 112 valence electrons. The van der Waals surface area contributed by atoms with Crippen molar-refractivity contribution in [1.82, 2.24) is 10.2 Å². The Morgan fingerprint density at radius 1 is 1.33 bits per heavy atom. The standard InChI is InChI=1S/C16H21N3O2/c20-16-10-21-15-4-3-11(8-13(15)18-16)9-17-12-5-7-19-6-1-2-14(12)19/h3-4,8,12,14,17H,1-2,5-7,9-10H2,(H,18,20). The average molecular weight is 287 g/mol. The molecule has 0 aliphatic carbocycles. The fraction of sp³-hybridized carbons (Fsp3) is 0.562. The van der Waals surface area contributed by atoms with Crippen LogP contribution >= 0.6 is 0 Å². The molecule has 3 aliphatic rings. The minimum absolute atomic E-state index is 0.0787. The summed E-state index contributed by atoms with van der Waals surface area (Å²) in [5.74, 6) is 0.686. The molecule has 0 radical (unpaired) electrons. The number of hydrogen-bond donors (Lipinski definition) is 2. The maximum Gasteiger partial charge on any atom is 0.262 e. The van der Waals surface area contributed by atoms with Crippen molar-refractivity contribution in [2.45, 2.75) is 37.9 Å². The van der Waals surface area contributed by atoms with Gasteiger partial charge in [0.25, 0.3) is 5.91 Å². The van der Waals surface area contributed by atoms with Gasteiger partial charge < -0.3 is 15.4 Å². The molecule has 2 fully saturated rings. The largest absolute Gasteiger partial charge is 0.482 e. The number of fused-ring (bicyclic) bond motifs is 2. The molecule has 3 heterocycles. The topological polar surface area (TPSA) is 53.6 Å². The van der Waals surface area contributed by atoms with E-state index in [1.165, 1.54) is 37.9 Å². The van der Waals surface area contributed by atoms with Crippen LogP contribution in [0.1, 0.15) is 24.8 Å². The highest BCUT2D eigenvalue weighted by Gasteiger charge is 2.36. The third-order valence-electron chi connectivity index (χ3n) is 4.85. The van der Waals surface area contributed by atoms with E-state index in [0.29, 0.717) is 6.04 Å². The van der Waals surface area contributed by atoms with Crippen LogP contribution in [-0.2, 0) is 11.3 Å². The zero-order valence-corrected chi connectivity index (χ0v) is 12.1. The third-order valence-corrected chi connectivity index (χ3v) is 4.85. The second-order valence-corrected chi connectivity index (χ2v) is 6.19. The van der Waals surface area contributed by atoms with E-state index in [-0.39, 0.29) is 12.5 Å². The first kappa shape index (κ1) is 13.1. The molecule has 0 saturated carbocycles. The highest BCUT2D eigenvalue weighted by atomic mass is 16.5. The van der Waals surface area contributed by atoms with Crippen LogP contribution < -0.4 is 15.4 Å². The van der Waals surface area contributed by atoms with Gasteiger partial charge in [-0.25, -0.2) is 0 Å². The predicted molar refractivity (Wildman–Crippen MR) is 80.4 cm³/mol. The highest BCUT2D eigenvalue weighted by molar-refractivity contribution is 5.95. The molecule has 2 N–H and O–H groups in total. The number of rotatable bonds is 3. The summed E-state index contributed by atoms with van der Waals surface area (Å²) in [6, 6.07) is 7.37. The number of benzene rings is 1. The van der Waals surface area contributed by atoms with Gasteiger partial charge in [0.15, 0.2) is 6.61 Å². The second-order valence-electron chi connectivity index (χ2n) is 6.19. The first-order valence-electron chi connectivity index (χ1n) is 7.82. The molecule has 1 aromatic carbocycles. The minimum Gasteiger partial charge on any atom is -0.482 e. The van der Waals surface area contributed by atoms with Gasteiger partial charge in [0.05, 0.1) is 5.69 Å². The molecular weight excluding hydrogens is 266 g/mol. The summed E-state index contributed by atoms with van der Waals surface area (Å²) in [7, 11) is 0. The Kier molecular flexibility index (Phi) is 3.31. The van der Waals surface area contributed by atoms with Crippen LogP contribution in [0.5, 0.6) is 5.75 Å². The van der Waals surface area contributed by atoms with E-state index in [1.807, 2.05) is 12.1 Å². The van der Waals surface area contributed by atoms with Crippen molar-refractivity contribution in [1.29, 1.82) is 0 Å². The molecule has 4 rings (SSSR count). The molecule has 5 heteroatoms. The van der Waals surface area contributed by atoms with Crippen LogP contribution in [0.3, 0.4) is 0 Å². The van der Waals surface area contributed by atoms with Gasteiger partial charge in [-0.2, -0.15) is 0 Å². The van der Waals surface area contributed by atoms with Gasteiger partial charge >= 0.3 is 0 Å². The summed E-state index contributed by atoms with van der Waals surface area (Å²) < 4.78 is 5.39. The average Bonchev–Trinajstić information content (AvgIpc) is 3.08. The van der Waals surface area contributed by atoms with Crippen molar-refractivity contribution in [2.24, 2.45) is 0 Å². The highest BCUT2D eigenvalue weighted by Crippen LogP contribution is 2.30. The minimum atomic E-state index is -0.0787. The Hall–Kier alpha value is -1.59. The molecule has 1 aromatic rings. The van der Waals surface area contributed by atoms with Gasteiger partial charge in [-0.3, -0.25) is 9.69 Å². The van der Waals surface area contributed by atoms with Crippen LogP contribution in [0.4, 0.5) is 5.69 Å². The van der Waals surface area contributed by atoms with Crippen LogP contribution in [0.15, 0.2) is 18.2 Å². The number of amides is 1. The molecule has 3 aliphatic heterocycles. The Labute approximate surface area is 124 Å². The van der Waals surface area contributed by atoms with Gasteiger partial charge in [-0.15, -0.1) is 0 Å². The van der Waals surface area contributed by atoms with E-state index in [1.54, 1.807) is 0 Å². The molecule has 1 amide bonds. The smallest absolute Gasteiger partial charge is 0.262 e. The summed E-state index contributed by atoms with van der Waals surface area (Å²) >= 11 is 0. The van der Waals surface area contributed by atoms with Crippen molar-refractivity contribution >= 4 is 11.6 Å². The van der Waals surface area contributed by atoms with E-state index >= 15 is 0 Å². The summed E-state index contributed by atoms with van der Waals surface area (Å²) in [4.78, 5) is 14.0. The lowest BCUT2D eigenvalue weighted by Crippen LogP contribution is -2.38. The number of carbonyl (C=O) groups excluding carboxylic acids is 1. The Balaban J connectivity index is 1.41. The van der Waals surface area contributed by atoms with Crippen LogP contribution in [0.25, 0.3) is 0 Å². The molecular formula is C16H21N3O2. The van der Waals surface area contributed by atoms with Gasteiger partial charge in [0.1, 0.15) is 5.75 Å². The lowest BCUT2D eigenvalue weighted by molar-refractivity contribution is -0.118. The number of ether oxygens (including phenoxy) is 1. The van der Waals surface area contributed by atoms with Crippen molar-refractivity contribution in [3.63, 3.8) is 0 Å². The zero-order chi connectivity index (χ0) is 14.2. The van der Waals surface area contributed by atoms with E-state index < -0.39 is 0 Å². The molecule has 21 heavy (non-hydrogen) atoms. The summed E-state index contributed by atoms with van der Waals surface area (Å²) in [5.41, 5.74) is 1.98. The summed E-state index contributed by atoms with van der Waals surface area (Å²) in [5, 5.41) is 6.56. The number of carbonyl (C=O) groups is 1. The molecule has 2 saturated heterocycles. The number of nitrogens with zero attached hydrogens (tertiary/aromatic N) is 1. The van der Waals surface area contributed by atoms with E-state index in [2.05, 4.69) is 21.6 Å². The molecule has 2 atom stereocenters. The van der Waals surface area contributed by atoms with Gasteiger partial charge in [0.2, 0.25) is 0 Å². The van der Waals surface area contributed by atoms with E-state index in [0.717, 1.165) is 24.0 Å². The SMILES string of the molecule is O=C1COc2ccc(CNC3CCN4CCCC34)cc2N1. The van der Waals surface area contributed by atoms with Crippen LogP contribution in [0.2, 0.25) is 0 Å². The van der Waals surface area contributed by atoms with E-state index in [4.69, 9.17) is 4.74 Å². The first-order valence-corrected chi connectivity index (χ1v) is 7.82. The quantitative estimate of drug-likeness (QED) is 0.881. The third kappa shape index (κ3) is 2.51. The summed E-state index contributed by atoms with van der Waals surface area (Å²) in [6.07, 6.45) is 3.91. The fourth-order valence-electron chi connectivity index (χ4n) is 3.81. The number of nitrogens with one attached hydrogen (secondary N) is 2. The maximum atomic E-state index is 11.4. The van der Waals surface area contributed by atoms with Crippen molar-refractivity contribution in [2.75, 3.05) is 25.0 Å².